The van der Waals surface area contributed by atoms with Crippen LogP contribution in [0.4, 0.5) is 0 Å². The molecule has 0 fully saturated rings. The van der Waals surface area contributed by atoms with Crippen LogP contribution in [0.3, 0.4) is 0 Å². The smallest absolute Gasteiger partial charge is 0.135 e. The van der Waals surface area contributed by atoms with E-state index in [9.17, 15) is 0 Å². The van der Waals surface area contributed by atoms with Crippen LogP contribution in [0.2, 0.25) is 0 Å². The molecule has 1 nitrogen and oxygen atoms in total. The SMILES string of the molecule is Cc1ccc2c(c1)oc1ccc(Br)cc12. The lowest BCUT2D eigenvalue weighted by Gasteiger charge is -1.91. The minimum Gasteiger partial charge on any atom is -0.456 e. The van der Waals surface area contributed by atoms with E-state index < -0.39 is 0 Å². The Hall–Kier alpha value is -1.28. The van der Waals surface area contributed by atoms with E-state index in [1.54, 1.807) is 0 Å². The average molecular weight is 261 g/mol. The Labute approximate surface area is 95.8 Å². The lowest BCUT2D eigenvalue weighted by Crippen LogP contribution is -1.70. The van der Waals surface area contributed by atoms with Gasteiger partial charge in [0.1, 0.15) is 11.2 Å². The van der Waals surface area contributed by atoms with Crippen LogP contribution in [0, 0.1) is 6.92 Å². The van der Waals surface area contributed by atoms with Gasteiger partial charge in [-0.1, -0.05) is 28.1 Å². The van der Waals surface area contributed by atoms with E-state index in [-0.39, 0.29) is 0 Å². The van der Waals surface area contributed by atoms with Crippen molar-refractivity contribution >= 4 is 37.9 Å². The van der Waals surface area contributed by atoms with E-state index in [1.165, 1.54) is 16.3 Å². The van der Waals surface area contributed by atoms with Crippen molar-refractivity contribution in [1.82, 2.24) is 0 Å². The largest absolute Gasteiger partial charge is 0.456 e. The molecule has 0 radical (unpaired) electrons. The molecule has 74 valence electrons. The third-order valence-corrected chi connectivity index (χ3v) is 3.08. The van der Waals surface area contributed by atoms with Crippen LogP contribution in [-0.4, -0.2) is 0 Å². The van der Waals surface area contributed by atoms with Gasteiger partial charge in [-0.3, -0.25) is 0 Å². The molecule has 0 bridgehead atoms. The summed E-state index contributed by atoms with van der Waals surface area (Å²) in [5.41, 5.74) is 3.13. The fraction of sp³-hybridized carbons (Fsp3) is 0.0769. The number of aryl methyl sites for hydroxylation is 1. The van der Waals surface area contributed by atoms with Gasteiger partial charge in [-0.25, -0.2) is 0 Å². The van der Waals surface area contributed by atoms with Gasteiger partial charge in [0.15, 0.2) is 0 Å². The third kappa shape index (κ3) is 1.37. The van der Waals surface area contributed by atoms with Gasteiger partial charge in [0.05, 0.1) is 0 Å². The normalized spacial score (nSPS) is 11.3. The fourth-order valence-corrected chi connectivity index (χ4v) is 2.22. The molecule has 2 aromatic carbocycles. The summed E-state index contributed by atoms with van der Waals surface area (Å²) in [6.07, 6.45) is 0. The number of benzene rings is 2. The first-order chi connectivity index (χ1) is 7.24. The number of hydrogen-bond donors (Lipinski definition) is 0. The Balaban J connectivity index is 2.53. The minimum atomic E-state index is 0.943. The highest BCUT2D eigenvalue weighted by atomic mass is 79.9. The first-order valence-electron chi connectivity index (χ1n) is 4.82. The Morgan fingerprint density at radius 3 is 2.67 bits per heavy atom. The van der Waals surface area contributed by atoms with E-state index in [0.717, 1.165) is 15.6 Å². The van der Waals surface area contributed by atoms with E-state index >= 15 is 0 Å². The highest BCUT2D eigenvalue weighted by Gasteiger charge is 2.06. The van der Waals surface area contributed by atoms with Crippen molar-refractivity contribution < 1.29 is 4.42 Å². The minimum absolute atomic E-state index is 0.943. The summed E-state index contributed by atoms with van der Waals surface area (Å²) in [6, 6.07) is 12.4. The molecule has 0 spiro atoms. The second kappa shape index (κ2) is 3.11. The Kier molecular flexibility index (Phi) is 1.86. The Morgan fingerprint density at radius 1 is 0.933 bits per heavy atom. The van der Waals surface area contributed by atoms with Gasteiger partial charge in [0, 0.05) is 15.2 Å². The predicted octanol–water partition coefficient (Wildman–Crippen LogP) is 4.66. The number of hydrogen-bond acceptors (Lipinski definition) is 1. The molecule has 15 heavy (non-hydrogen) atoms. The highest BCUT2D eigenvalue weighted by Crippen LogP contribution is 2.31. The molecule has 0 aliphatic heterocycles. The van der Waals surface area contributed by atoms with Gasteiger partial charge in [-0.2, -0.15) is 0 Å². The lowest BCUT2D eigenvalue weighted by molar-refractivity contribution is 0.668. The lowest BCUT2D eigenvalue weighted by atomic mass is 10.1. The average Bonchev–Trinajstić information content (AvgIpc) is 2.54. The molecule has 0 N–H and O–H groups in total. The molecule has 3 aromatic rings. The fourth-order valence-electron chi connectivity index (χ4n) is 1.86. The first-order valence-corrected chi connectivity index (χ1v) is 5.62. The molecule has 1 aromatic heterocycles. The van der Waals surface area contributed by atoms with Crippen molar-refractivity contribution in [2.24, 2.45) is 0 Å². The zero-order valence-corrected chi connectivity index (χ0v) is 9.84. The maximum absolute atomic E-state index is 5.77. The Morgan fingerprint density at radius 2 is 1.80 bits per heavy atom. The van der Waals surface area contributed by atoms with Crippen LogP contribution in [0.15, 0.2) is 45.3 Å². The summed E-state index contributed by atoms with van der Waals surface area (Å²) in [6.45, 7) is 2.07. The maximum Gasteiger partial charge on any atom is 0.135 e. The zero-order chi connectivity index (χ0) is 10.4. The van der Waals surface area contributed by atoms with Crippen molar-refractivity contribution in [3.8, 4) is 0 Å². The van der Waals surface area contributed by atoms with Gasteiger partial charge in [-0.15, -0.1) is 0 Å². The molecule has 0 amide bonds. The van der Waals surface area contributed by atoms with Crippen molar-refractivity contribution in [3.05, 3.63) is 46.4 Å². The van der Waals surface area contributed by atoms with Gasteiger partial charge < -0.3 is 4.42 Å². The van der Waals surface area contributed by atoms with Crippen molar-refractivity contribution in [3.63, 3.8) is 0 Å². The quantitative estimate of drug-likeness (QED) is 0.573. The molecule has 0 saturated carbocycles. The Bertz CT molecular complexity index is 652. The predicted molar refractivity (Wildman–Crippen MR) is 66.2 cm³/mol. The van der Waals surface area contributed by atoms with E-state index in [2.05, 4.69) is 47.1 Å². The van der Waals surface area contributed by atoms with E-state index in [0.29, 0.717) is 0 Å². The highest BCUT2D eigenvalue weighted by molar-refractivity contribution is 9.10. The van der Waals surface area contributed by atoms with Gasteiger partial charge in [0.2, 0.25) is 0 Å². The maximum atomic E-state index is 5.77. The second-order valence-corrected chi connectivity index (χ2v) is 4.66. The summed E-state index contributed by atoms with van der Waals surface area (Å²) in [4.78, 5) is 0. The summed E-state index contributed by atoms with van der Waals surface area (Å²) < 4.78 is 6.85. The van der Waals surface area contributed by atoms with Crippen molar-refractivity contribution in [2.45, 2.75) is 6.92 Å². The summed E-state index contributed by atoms with van der Waals surface area (Å²) in [7, 11) is 0. The van der Waals surface area contributed by atoms with Crippen LogP contribution in [0.25, 0.3) is 21.9 Å². The van der Waals surface area contributed by atoms with Gasteiger partial charge in [0.25, 0.3) is 0 Å². The zero-order valence-electron chi connectivity index (χ0n) is 8.25. The second-order valence-electron chi connectivity index (χ2n) is 3.74. The van der Waals surface area contributed by atoms with Crippen LogP contribution in [-0.2, 0) is 0 Å². The summed E-state index contributed by atoms with van der Waals surface area (Å²) >= 11 is 3.48. The van der Waals surface area contributed by atoms with Crippen molar-refractivity contribution in [2.75, 3.05) is 0 Å². The van der Waals surface area contributed by atoms with Crippen LogP contribution in [0.1, 0.15) is 5.56 Å². The molecule has 0 atom stereocenters. The van der Waals surface area contributed by atoms with E-state index in [1.807, 2.05) is 12.1 Å². The van der Waals surface area contributed by atoms with Gasteiger partial charge in [-0.05, 0) is 36.8 Å². The molecule has 0 saturated heterocycles. The molecular weight excluding hydrogens is 252 g/mol. The van der Waals surface area contributed by atoms with Crippen LogP contribution < -0.4 is 0 Å². The number of rotatable bonds is 0. The molecule has 2 heteroatoms. The number of furan rings is 1. The van der Waals surface area contributed by atoms with Crippen LogP contribution >= 0.6 is 15.9 Å². The molecule has 1 heterocycles. The molecular formula is C13H9BrO. The van der Waals surface area contributed by atoms with Crippen LogP contribution in [0.5, 0.6) is 0 Å². The molecule has 3 rings (SSSR count). The number of fused-ring (bicyclic) bond motifs is 3. The molecule has 0 aliphatic carbocycles. The molecule has 0 aliphatic rings. The summed E-state index contributed by atoms with van der Waals surface area (Å²) in [5, 5.41) is 2.34. The standard InChI is InChI=1S/C13H9BrO/c1-8-2-4-10-11-7-9(14)3-5-12(11)15-13(10)6-8/h2-7H,1H3. The molecule has 0 unspecified atom stereocenters. The summed E-state index contributed by atoms with van der Waals surface area (Å²) in [5.74, 6) is 0. The first kappa shape index (κ1) is 8.98. The monoisotopic (exact) mass is 260 g/mol. The topological polar surface area (TPSA) is 13.1 Å². The third-order valence-electron chi connectivity index (χ3n) is 2.59. The number of halogens is 1. The van der Waals surface area contributed by atoms with Crippen molar-refractivity contribution in [1.29, 1.82) is 0 Å². The van der Waals surface area contributed by atoms with E-state index in [4.69, 9.17) is 4.42 Å². The van der Waals surface area contributed by atoms with Gasteiger partial charge >= 0.3 is 0 Å².